The fraction of sp³-hybridized carbons (Fsp3) is 0.500. The van der Waals surface area contributed by atoms with Crippen LogP contribution >= 0.6 is 15.9 Å². The van der Waals surface area contributed by atoms with Crippen molar-refractivity contribution >= 4 is 15.9 Å². The van der Waals surface area contributed by atoms with E-state index in [9.17, 15) is 4.39 Å². The molecule has 1 atom stereocenters. The van der Waals surface area contributed by atoms with Crippen LogP contribution in [0.2, 0.25) is 0 Å². The van der Waals surface area contributed by atoms with E-state index in [4.69, 9.17) is 4.74 Å². The molecule has 0 aromatic heterocycles. The second kappa shape index (κ2) is 6.99. The summed E-state index contributed by atoms with van der Waals surface area (Å²) in [5.74, 6) is -0.224. The molecule has 0 saturated heterocycles. The molecule has 1 rings (SSSR count). The summed E-state index contributed by atoms with van der Waals surface area (Å²) in [7, 11) is 1.65. The third-order valence-electron chi connectivity index (χ3n) is 2.31. The monoisotopic (exact) mass is 289 g/mol. The van der Waals surface area contributed by atoms with Crippen molar-refractivity contribution in [2.24, 2.45) is 0 Å². The molecule has 4 heteroatoms. The molecule has 1 unspecified atom stereocenters. The minimum Gasteiger partial charge on any atom is -0.383 e. The topological polar surface area (TPSA) is 21.3 Å². The predicted octanol–water partition coefficient (Wildman–Crippen LogP) is 3.28. The Balaban J connectivity index is 2.85. The van der Waals surface area contributed by atoms with Crippen LogP contribution in [0, 0.1) is 5.82 Å². The van der Waals surface area contributed by atoms with Crippen molar-refractivity contribution in [3.05, 3.63) is 34.1 Å². The van der Waals surface area contributed by atoms with Crippen molar-refractivity contribution < 1.29 is 9.13 Å². The van der Waals surface area contributed by atoms with E-state index in [1.807, 2.05) is 0 Å². The zero-order chi connectivity index (χ0) is 12.0. The number of hydrogen-bond acceptors (Lipinski definition) is 2. The van der Waals surface area contributed by atoms with Crippen molar-refractivity contribution in [2.45, 2.75) is 19.4 Å². The Kier molecular flexibility index (Phi) is 5.95. The van der Waals surface area contributed by atoms with E-state index >= 15 is 0 Å². The first-order chi connectivity index (χ1) is 7.69. The van der Waals surface area contributed by atoms with Crippen molar-refractivity contribution in [2.75, 3.05) is 20.3 Å². The van der Waals surface area contributed by atoms with Gasteiger partial charge in [0.25, 0.3) is 0 Å². The Labute approximate surface area is 104 Å². The fourth-order valence-corrected chi connectivity index (χ4v) is 2.05. The smallest absolute Gasteiger partial charge is 0.123 e. The van der Waals surface area contributed by atoms with Crippen molar-refractivity contribution in [3.63, 3.8) is 0 Å². The van der Waals surface area contributed by atoms with E-state index in [-0.39, 0.29) is 11.9 Å². The summed E-state index contributed by atoms with van der Waals surface area (Å²) in [5.41, 5.74) is 0.898. The number of nitrogens with one attached hydrogen (secondary N) is 1. The third-order valence-corrected chi connectivity index (χ3v) is 3.03. The lowest BCUT2D eigenvalue weighted by Crippen LogP contribution is -2.26. The van der Waals surface area contributed by atoms with Gasteiger partial charge in [-0.1, -0.05) is 22.9 Å². The molecular formula is C12H17BrFNO. The van der Waals surface area contributed by atoms with Crippen LogP contribution in [0.1, 0.15) is 24.9 Å². The summed E-state index contributed by atoms with van der Waals surface area (Å²) in [6, 6.07) is 4.73. The molecule has 0 radical (unpaired) electrons. The molecule has 0 fully saturated rings. The first kappa shape index (κ1) is 13.6. The highest BCUT2D eigenvalue weighted by atomic mass is 79.9. The summed E-state index contributed by atoms with van der Waals surface area (Å²) in [6.45, 7) is 3.51. The number of hydrogen-bond donors (Lipinski definition) is 1. The highest BCUT2D eigenvalue weighted by Crippen LogP contribution is 2.24. The summed E-state index contributed by atoms with van der Waals surface area (Å²) in [6.07, 6.45) is 1.03. The van der Waals surface area contributed by atoms with Gasteiger partial charge >= 0.3 is 0 Å². The van der Waals surface area contributed by atoms with Gasteiger partial charge in [0.15, 0.2) is 0 Å². The maximum Gasteiger partial charge on any atom is 0.123 e. The number of halogens is 2. The van der Waals surface area contributed by atoms with Gasteiger partial charge < -0.3 is 10.1 Å². The lowest BCUT2D eigenvalue weighted by molar-refractivity contribution is 0.166. The second-order valence-corrected chi connectivity index (χ2v) is 4.48. The predicted molar refractivity (Wildman–Crippen MR) is 67.0 cm³/mol. The third kappa shape index (κ3) is 3.85. The van der Waals surface area contributed by atoms with Gasteiger partial charge in [-0.05, 0) is 36.7 Å². The quantitative estimate of drug-likeness (QED) is 0.868. The molecular weight excluding hydrogens is 273 g/mol. The number of ether oxygens (including phenoxy) is 1. The Morgan fingerprint density at radius 3 is 2.88 bits per heavy atom. The molecule has 0 spiro atoms. The van der Waals surface area contributed by atoms with Gasteiger partial charge in [0.1, 0.15) is 5.82 Å². The van der Waals surface area contributed by atoms with Crippen molar-refractivity contribution in [1.82, 2.24) is 5.32 Å². The summed E-state index contributed by atoms with van der Waals surface area (Å²) in [5, 5.41) is 3.33. The Bertz CT molecular complexity index is 333. The van der Waals surface area contributed by atoms with Gasteiger partial charge in [-0.15, -0.1) is 0 Å². The van der Waals surface area contributed by atoms with Crippen LogP contribution in [0.15, 0.2) is 22.7 Å². The van der Waals surface area contributed by atoms with Crippen molar-refractivity contribution in [3.8, 4) is 0 Å². The first-order valence-electron chi connectivity index (χ1n) is 5.36. The Hall–Kier alpha value is -0.450. The average Bonchev–Trinajstić information content (AvgIpc) is 2.28. The second-order valence-electron chi connectivity index (χ2n) is 3.63. The minimum absolute atomic E-state index is 0.0232. The van der Waals surface area contributed by atoms with Gasteiger partial charge in [0.05, 0.1) is 12.6 Å². The lowest BCUT2D eigenvalue weighted by Gasteiger charge is -2.19. The van der Waals surface area contributed by atoms with Crippen LogP contribution in [0.3, 0.4) is 0 Å². The minimum atomic E-state index is -0.224. The zero-order valence-corrected chi connectivity index (χ0v) is 11.2. The van der Waals surface area contributed by atoms with Crippen molar-refractivity contribution in [1.29, 1.82) is 0 Å². The molecule has 0 heterocycles. The molecule has 0 bridgehead atoms. The maximum absolute atomic E-state index is 13.2. The average molecular weight is 290 g/mol. The normalized spacial score (nSPS) is 12.8. The van der Waals surface area contributed by atoms with Crippen LogP contribution in [0.5, 0.6) is 0 Å². The Morgan fingerprint density at radius 2 is 2.25 bits per heavy atom. The summed E-state index contributed by atoms with van der Waals surface area (Å²) >= 11 is 3.43. The molecule has 1 aromatic rings. The standard InChI is InChI=1S/C12H17BrFNO/c1-3-6-15-12(8-16-2)10-7-9(14)4-5-11(10)13/h4-5,7,12,15H,3,6,8H2,1-2H3. The SMILES string of the molecule is CCCNC(COC)c1cc(F)ccc1Br. The van der Waals surface area contributed by atoms with Crippen LogP contribution in [-0.4, -0.2) is 20.3 Å². The molecule has 2 nitrogen and oxygen atoms in total. The molecule has 1 aromatic carbocycles. The van der Waals surface area contributed by atoms with Gasteiger partial charge in [-0.2, -0.15) is 0 Å². The highest BCUT2D eigenvalue weighted by molar-refractivity contribution is 9.10. The molecule has 0 amide bonds. The molecule has 0 aliphatic heterocycles. The fourth-order valence-electron chi connectivity index (χ4n) is 1.53. The van der Waals surface area contributed by atoms with E-state index in [0.717, 1.165) is 23.0 Å². The molecule has 0 aliphatic rings. The van der Waals surface area contributed by atoms with Crippen LogP contribution < -0.4 is 5.32 Å². The molecule has 90 valence electrons. The van der Waals surface area contributed by atoms with E-state index < -0.39 is 0 Å². The number of rotatable bonds is 6. The largest absolute Gasteiger partial charge is 0.383 e. The number of methoxy groups -OCH3 is 1. The summed E-state index contributed by atoms with van der Waals surface area (Å²) < 4.78 is 19.2. The van der Waals surface area contributed by atoms with E-state index in [1.54, 1.807) is 13.2 Å². The van der Waals surface area contributed by atoms with E-state index in [1.165, 1.54) is 12.1 Å². The zero-order valence-electron chi connectivity index (χ0n) is 9.59. The van der Waals surface area contributed by atoms with Gasteiger partial charge in [-0.25, -0.2) is 4.39 Å². The highest BCUT2D eigenvalue weighted by Gasteiger charge is 2.14. The number of benzene rings is 1. The molecule has 0 saturated carbocycles. The van der Waals surface area contributed by atoms with Crippen LogP contribution in [0.25, 0.3) is 0 Å². The van der Waals surface area contributed by atoms with Gasteiger partial charge in [0, 0.05) is 11.6 Å². The van der Waals surface area contributed by atoms with E-state index in [0.29, 0.717) is 6.61 Å². The van der Waals surface area contributed by atoms with E-state index in [2.05, 4.69) is 28.2 Å². The van der Waals surface area contributed by atoms with Crippen LogP contribution in [0.4, 0.5) is 4.39 Å². The molecule has 16 heavy (non-hydrogen) atoms. The molecule has 1 N–H and O–H groups in total. The lowest BCUT2D eigenvalue weighted by atomic mass is 10.1. The molecule has 0 aliphatic carbocycles. The van der Waals surface area contributed by atoms with Crippen LogP contribution in [-0.2, 0) is 4.74 Å². The first-order valence-corrected chi connectivity index (χ1v) is 6.15. The van der Waals surface area contributed by atoms with Gasteiger partial charge in [0.2, 0.25) is 0 Å². The Morgan fingerprint density at radius 1 is 1.50 bits per heavy atom. The maximum atomic E-state index is 13.2. The van der Waals surface area contributed by atoms with Gasteiger partial charge in [-0.3, -0.25) is 0 Å². The summed E-state index contributed by atoms with van der Waals surface area (Å²) in [4.78, 5) is 0.